The second-order valence-corrected chi connectivity index (χ2v) is 7.65. The number of hydrogen-bond acceptors (Lipinski definition) is 5. The summed E-state index contributed by atoms with van der Waals surface area (Å²) in [4.78, 5) is 25.8. The summed E-state index contributed by atoms with van der Waals surface area (Å²) >= 11 is 0. The first kappa shape index (κ1) is 19.9. The molecule has 1 aromatic carbocycles. The molecule has 7 nitrogen and oxygen atoms in total. The molecule has 1 N–H and O–H groups in total. The second-order valence-electron chi connectivity index (χ2n) is 7.65. The molecule has 3 rings (SSSR count). The van der Waals surface area contributed by atoms with Crippen LogP contribution in [0.1, 0.15) is 49.2 Å². The molecule has 2 unspecified atom stereocenters. The van der Waals surface area contributed by atoms with Gasteiger partial charge in [-0.2, -0.15) is 0 Å². The minimum atomic E-state index is -0.397. The molecule has 1 fully saturated rings. The van der Waals surface area contributed by atoms with Gasteiger partial charge in [0.05, 0.1) is 11.2 Å². The highest BCUT2D eigenvalue weighted by molar-refractivity contribution is 5.96. The van der Waals surface area contributed by atoms with E-state index in [1.54, 1.807) is 18.4 Å². The number of carbonyl (C=O) groups excluding carboxylic acids is 1. The lowest BCUT2D eigenvalue weighted by Crippen LogP contribution is -2.35. The number of nitro benzene ring substituents is 1. The van der Waals surface area contributed by atoms with Crippen molar-refractivity contribution in [3.63, 3.8) is 0 Å². The van der Waals surface area contributed by atoms with Crippen molar-refractivity contribution in [2.24, 2.45) is 5.92 Å². The van der Waals surface area contributed by atoms with Crippen LogP contribution in [0.5, 0.6) is 0 Å². The summed E-state index contributed by atoms with van der Waals surface area (Å²) in [7, 11) is 0. The van der Waals surface area contributed by atoms with Crippen LogP contribution in [0.25, 0.3) is 0 Å². The van der Waals surface area contributed by atoms with Gasteiger partial charge in [-0.25, -0.2) is 0 Å². The number of aryl methyl sites for hydroxylation is 1. The maximum atomic E-state index is 12.6. The fourth-order valence-electron chi connectivity index (χ4n) is 3.68. The Labute approximate surface area is 164 Å². The SMILES string of the molecule is CC1CCCN(c2ccc(C(=O)NC(C)CCc3ccco3)cc2[N+](=O)[O-])C1. The van der Waals surface area contributed by atoms with E-state index in [0.717, 1.165) is 44.5 Å². The van der Waals surface area contributed by atoms with Crippen molar-refractivity contribution in [2.75, 3.05) is 18.0 Å². The molecule has 2 atom stereocenters. The van der Waals surface area contributed by atoms with Crippen LogP contribution in [0.4, 0.5) is 11.4 Å². The Morgan fingerprint density at radius 2 is 2.25 bits per heavy atom. The predicted molar refractivity (Wildman–Crippen MR) is 108 cm³/mol. The van der Waals surface area contributed by atoms with Crippen LogP contribution in [0.3, 0.4) is 0 Å². The van der Waals surface area contributed by atoms with E-state index < -0.39 is 4.92 Å². The molecule has 1 aliphatic rings. The van der Waals surface area contributed by atoms with E-state index in [1.165, 1.54) is 6.07 Å². The number of anilines is 1. The summed E-state index contributed by atoms with van der Waals surface area (Å²) in [5.74, 6) is 1.08. The molecule has 2 heterocycles. The standard InChI is InChI=1S/C21H27N3O4/c1-15-5-3-11-23(14-15)19-10-8-17(13-20(19)24(26)27)21(25)22-16(2)7-9-18-6-4-12-28-18/h4,6,8,10,12-13,15-16H,3,5,7,9,11,14H2,1-2H3,(H,22,25). The van der Waals surface area contributed by atoms with Gasteiger partial charge < -0.3 is 14.6 Å². The average Bonchev–Trinajstić information content (AvgIpc) is 3.19. The number of rotatable bonds is 7. The molecule has 2 aromatic rings. The van der Waals surface area contributed by atoms with Gasteiger partial charge in [-0.3, -0.25) is 14.9 Å². The van der Waals surface area contributed by atoms with E-state index in [0.29, 0.717) is 17.2 Å². The Bertz CT molecular complexity index is 819. The summed E-state index contributed by atoms with van der Waals surface area (Å²) in [5, 5.41) is 14.5. The summed E-state index contributed by atoms with van der Waals surface area (Å²) in [5.41, 5.74) is 0.898. The van der Waals surface area contributed by atoms with Gasteiger partial charge in [0.25, 0.3) is 11.6 Å². The third-order valence-electron chi connectivity index (χ3n) is 5.21. The lowest BCUT2D eigenvalue weighted by atomic mass is 9.99. The molecule has 0 radical (unpaired) electrons. The zero-order chi connectivity index (χ0) is 20.1. The van der Waals surface area contributed by atoms with Gasteiger partial charge in [-0.1, -0.05) is 6.92 Å². The molecule has 0 bridgehead atoms. The summed E-state index contributed by atoms with van der Waals surface area (Å²) in [6.07, 6.45) is 5.24. The number of nitro groups is 1. The van der Waals surface area contributed by atoms with E-state index in [1.807, 2.05) is 19.1 Å². The Balaban J connectivity index is 1.68. The quantitative estimate of drug-likeness (QED) is 0.571. The van der Waals surface area contributed by atoms with Gasteiger partial charge in [-0.05, 0) is 56.4 Å². The van der Waals surface area contributed by atoms with Crippen LogP contribution in [-0.4, -0.2) is 30.0 Å². The number of nitrogens with zero attached hydrogens (tertiary/aromatic N) is 2. The fraction of sp³-hybridized carbons (Fsp3) is 0.476. The zero-order valence-corrected chi connectivity index (χ0v) is 16.4. The van der Waals surface area contributed by atoms with E-state index >= 15 is 0 Å². The van der Waals surface area contributed by atoms with Gasteiger partial charge in [-0.15, -0.1) is 0 Å². The van der Waals surface area contributed by atoms with Crippen LogP contribution >= 0.6 is 0 Å². The van der Waals surface area contributed by atoms with Crippen molar-refractivity contribution in [2.45, 2.75) is 45.6 Å². The number of benzene rings is 1. The van der Waals surface area contributed by atoms with Crippen LogP contribution in [0.2, 0.25) is 0 Å². The molecule has 0 spiro atoms. The van der Waals surface area contributed by atoms with E-state index in [2.05, 4.69) is 17.1 Å². The third kappa shape index (κ3) is 4.91. The van der Waals surface area contributed by atoms with E-state index in [4.69, 9.17) is 4.42 Å². The molecule has 0 aliphatic carbocycles. The summed E-state index contributed by atoms with van der Waals surface area (Å²) in [6, 6.07) is 8.44. The predicted octanol–water partition coefficient (Wildman–Crippen LogP) is 4.18. The maximum absolute atomic E-state index is 12.6. The number of carbonyl (C=O) groups is 1. The molecule has 1 amide bonds. The normalized spacial score (nSPS) is 17.9. The lowest BCUT2D eigenvalue weighted by Gasteiger charge is -2.32. The number of furan rings is 1. The summed E-state index contributed by atoms with van der Waals surface area (Å²) in [6.45, 7) is 5.68. The molecular weight excluding hydrogens is 358 g/mol. The van der Waals surface area contributed by atoms with Gasteiger partial charge in [0.1, 0.15) is 11.4 Å². The largest absolute Gasteiger partial charge is 0.469 e. The lowest BCUT2D eigenvalue weighted by molar-refractivity contribution is -0.384. The molecule has 7 heteroatoms. The molecule has 1 aromatic heterocycles. The van der Waals surface area contributed by atoms with E-state index in [9.17, 15) is 14.9 Å². The zero-order valence-electron chi connectivity index (χ0n) is 16.4. The number of nitrogens with one attached hydrogen (secondary N) is 1. The molecule has 0 saturated carbocycles. The molecule has 28 heavy (non-hydrogen) atoms. The minimum Gasteiger partial charge on any atom is -0.469 e. The van der Waals surface area contributed by atoms with E-state index in [-0.39, 0.29) is 17.6 Å². The number of amides is 1. The van der Waals surface area contributed by atoms with Crippen LogP contribution in [-0.2, 0) is 6.42 Å². The van der Waals surface area contributed by atoms with Crippen LogP contribution < -0.4 is 10.2 Å². The Morgan fingerprint density at radius 3 is 2.93 bits per heavy atom. The first-order valence-corrected chi connectivity index (χ1v) is 9.80. The number of piperidine rings is 1. The fourth-order valence-corrected chi connectivity index (χ4v) is 3.68. The minimum absolute atomic E-state index is 0.00927. The summed E-state index contributed by atoms with van der Waals surface area (Å²) < 4.78 is 5.30. The van der Waals surface area contributed by atoms with Gasteiger partial charge in [0, 0.05) is 37.2 Å². The Kier molecular flexibility index (Phi) is 6.34. The van der Waals surface area contributed by atoms with Crippen LogP contribution in [0.15, 0.2) is 41.0 Å². The maximum Gasteiger partial charge on any atom is 0.293 e. The highest BCUT2D eigenvalue weighted by atomic mass is 16.6. The smallest absolute Gasteiger partial charge is 0.293 e. The molecule has 1 aliphatic heterocycles. The first-order valence-electron chi connectivity index (χ1n) is 9.80. The van der Waals surface area contributed by atoms with Gasteiger partial charge in [0.2, 0.25) is 0 Å². The van der Waals surface area contributed by atoms with Crippen molar-refractivity contribution in [1.29, 1.82) is 0 Å². The van der Waals surface area contributed by atoms with Crippen molar-refractivity contribution >= 4 is 17.3 Å². The highest BCUT2D eigenvalue weighted by Gasteiger charge is 2.25. The highest BCUT2D eigenvalue weighted by Crippen LogP contribution is 2.32. The topological polar surface area (TPSA) is 88.6 Å². The van der Waals surface area contributed by atoms with Gasteiger partial charge >= 0.3 is 0 Å². The number of hydrogen-bond donors (Lipinski definition) is 1. The average molecular weight is 385 g/mol. The monoisotopic (exact) mass is 385 g/mol. The van der Waals surface area contributed by atoms with Crippen molar-refractivity contribution < 1.29 is 14.1 Å². The van der Waals surface area contributed by atoms with Gasteiger partial charge in [0.15, 0.2) is 0 Å². The van der Waals surface area contributed by atoms with Crippen LogP contribution in [0, 0.1) is 16.0 Å². The van der Waals surface area contributed by atoms with Crippen molar-refractivity contribution in [3.05, 3.63) is 58.0 Å². The molecule has 150 valence electrons. The van der Waals surface area contributed by atoms with Crippen molar-refractivity contribution in [1.82, 2.24) is 5.32 Å². The third-order valence-corrected chi connectivity index (χ3v) is 5.21. The Hall–Kier alpha value is -2.83. The molecule has 1 saturated heterocycles. The van der Waals surface area contributed by atoms with Crippen molar-refractivity contribution in [3.8, 4) is 0 Å². The second kappa shape index (κ2) is 8.91. The molecular formula is C21H27N3O4. The first-order chi connectivity index (χ1) is 13.4. The Morgan fingerprint density at radius 1 is 1.43 bits per heavy atom.